The quantitative estimate of drug-likeness (QED) is 0.585. The lowest BCUT2D eigenvalue weighted by Gasteiger charge is -1.99. The third kappa shape index (κ3) is 1.26. The van der Waals surface area contributed by atoms with E-state index in [0.29, 0.717) is 11.3 Å². The summed E-state index contributed by atoms with van der Waals surface area (Å²) in [5.74, 6) is -0.240. The molecule has 0 atom stereocenters. The van der Waals surface area contributed by atoms with Crippen molar-refractivity contribution < 1.29 is 4.39 Å². The number of benzene rings is 1. The van der Waals surface area contributed by atoms with Crippen molar-refractivity contribution in [2.24, 2.45) is 0 Å². The first-order chi connectivity index (χ1) is 4.74. The van der Waals surface area contributed by atoms with Crippen molar-refractivity contribution in [2.75, 3.05) is 5.32 Å². The molecule has 0 unspecified atom stereocenters. The molecule has 52 valence electrons. The summed E-state index contributed by atoms with van der Waals surface area (Å²) in [6, 6.07) is 4.75. The van der Waals surface area contributed by atoms with Gasteiger partial charge in [0.2, 0.25) is 0 Å². The van der Waals surface area contributed by atoms with E-state index in [1.807, 2.05) is 0 Å². The zero-order valence-electron chi connectivity index (χ0n) is 5.69. The Bertz CT molecular complexity index is 233. The Morgan fingerprint density at radius 2 is 2.20 bits per heavy atom. The number of rotatable bonds is 1. The van der Waals surface area contributed by atoms with Gasteiger partial charge in [-0.25, -0.2) is 4.39 Å². The van der Waals surface area contributed by atoms with Gasteiger partial charge in [0.1, 0.15) is 5.82 Å². The Morgan fingerprint density at radius 1 is 1.50 bits per heavy atom. The second-order valence-electron chi connectivity index (χ2n) is 2.11. The largest absolute Gasteiger partial charge is 0.378 e. The summed E-state index contributed by atoms with van der Waals surface area (Å²) in [7, 11) is 5.05. The third-order valence-electron chi connectivity index (χ3n) is 1.34. The average Bonchev–Trinajstić information content (AvgIpc) is 1.95. The minimum Gasteiger partial charge on any atom is -0.378 e. The number of nitrogens with one attached hydrogen (secondary N) is 1. The lowest BCUT2D eigenvalue weighted by atomic mass is 10.2. The van der Waals surface area contributed by atoms with Crippen molar-refractivity contribution in [1.29, 1.82) is 0 Å². The van der Waals surface area contributed by atoms with Gasteiger partial charge in [0.05, 0.1) is 7.05 Å². The van der Waals surface area contributed by atoms with Crippen LogP contribution in [0.5, 0.6) is 0 Å². The number of hydrogen-bond acceptors (Lipinski definition) is 1. The lowest BCUT2D eigenvalue weighted by Crippen LogP contribution is -1.87. The number of halogens is 1. The Kier molecular flexibility index (Phi) is 1.90. The van der Waals surface area contributed by atoms with Crippen LogP contribution in [0.15, 0.2) is 18.2 Å². The molecule has 10 heavy (non-hydrogen) atoms. The van der Waals surface area contributed by atoms with Gasteiger partial charge in [-0.3, -0.25) is 0 Å². The van der Waals surface area contributed by atoms with E-state index in [9.17, 15) is 4.39 Å². The van der Waals surface area contributed by atoms with E-state index in [2.05, 4.69) is 5.32 Å². The van der Waals surface area contributed by atoms with Crippen LogP contribution in [-0.2, 0) is 0 Å². The molecule has 0 aromatic heterocycles. The van der Waals surface area contributed by atoms with Gasteiger partial charge in [-0.2, -0.15) is 0 Å². The van der Waals surface area contributed by atoms with Gasteiger partial charge < -0.3 is 5.32 Å². The molecular formula is C8H8FN. The first-order valence-corrected chi connectivity index (χ1v) is 2.97. The topological polar surface area (TPSA) is 12.0 Å². The first-order valence-electron chi connectivity index (χ1n) is 2.97. The van der Waals surface area contributed by atoms with Crippen LogP contribution in [0.4, 0.5) is 10.1 Å². The maximum atomic E-state index is 12.7. The van der Waals surface area contributed by atoms with Gasteiger partial charge in [0.25, 0.3) is 0 Å². The number of aryl methyl sites for hydroxylation is 1. The highest BCUT2D eigenvalue weighted by molar-refractivity contribution is 5.45. The van der Waals surface area contributed by atoms with Gasteiger partial charge in [-0.1, -0.05) is 6.07 Å². The van der Waals surface area contributed by atoms with Crippen molar-refractivity contribution in [1.82, 2.24) is 0 Å². The number of anilines is 1. The first kappa shape index (κ1) is 7.06. The minimum absolute atomic E-state index is 0.240. The summed E-state index contributed by atoms with van der Waals surface area (Å²) in [4.78, 5) is 0. The van der Waals surface area contributed by atoms with Crippen LogP contribution in [0.25, 0.3) is 0 Å². The molecule has 0 aliphatic heterocycles. The Labute approximate surface area is 59.9 Å². The van der Waals surface area contributed by atoms with Crippen LogP contribution in [-0.4, -0.2) is 0 Å². The second-order valence-corrected chi connectivity index (χ2v) is 2.11. The molecule has 0 amide bonds. The van der Waals surface area contributed by atoms with E-state index in [1.165, 1.54) is 6.07 Å². The van der Waals surface area contributed by atoms with Crippen LogP contribution in [0.1, 0.15) is 5.56 Å². The Morgan fingerprint density at radius 3 is 2.70 bits per heavy atom. The zero-order chi connectivity index (χ0) is 7.56. The number of hydrogen-bond donors (Lipinski definition) is 1. The zero-order valence-corrected chi connectivity index (χ0v) is 5.69. The molecule has 0 spiro atoms. The molecule has 0 saturated heterocycles. The molecule has 2 heteroatoms. The molecule has 1 rings (SSSR count). The van der Waals surface area contributed by atoms with Crippen LogP contribution in [0.3, 0.4) is 0 Å². The van der Waals surface area contributed by atoms with Crippen molar-refractivity contribution >= 4 is 5.69 Å². The highest BCUT2D eigenvalue weighted by Gasteiger charge is 1.95. The third-order valence-corrected chi connectivity index (χ3v) is 1.34. The highest BCUT2D eigenvalue weighted by Crippen LogP contribution is 2.12. The normalized spacial score (nSPS) is 9.50. The lowest BCUT2D eigenvalue weighted by molar-refractivity contribution is 0.619. The fraction of sp³-hybridized carbons (Fsp3) is 0.125. The summed E-state index contributed by atoms with van der Waals surface area (Å²) < 4.78 is 12.7. The second kappa shape index (κ2) is 2.69. The minimum atomic E-state index is -0.240. The van der Waals surface area contributed by atoms with Gasteiger partial charge in [-0.15, -0.1) is 0 Å². The average molecular weight is 137 g/mol. The van der Waals surface area contributed by atoms with Crippen molar-refractivity contribution in [3.8, 4) is 0 Å². The molecule has 1 aromatic carbocycles. The van der Waals surface area contributed by atoms with Crippen LogP contribution in [0.2, 0.25) is 0 Å². The summed E-state index contributed by atoms with van der Waals surface area (Å²) in [5.41, 5.74) is 1.21. The molecule has 0 bridgehead atoms. The molecule has 0 fully saturated rings. The standard InChI is InChI=1S/C8H8FN/c1-6-3-4-7(10-2)5-8(6)9/h2-5,10H,1H3. The molecule has 1 nitrogen and oxygen atoms in total. The van der Waals surface area contributed by atoms with Crippen molar-refractivity contribution in [2.45, 2.75) is 6.92 Å². The predicted octanol–water partition coefficient (Wildman–Crippen LogP) is 2.21. The fourth-order valence-electron chi connectivity index (χ4n) is 0.683. The molecule has 1 aromatic rings. The molecule has 0 saturated carbocycles. The van der Waals surface area contributed by atoms with Crippen molar-refractivity contribution in [3.05, 3.63) is 36.6 Å². The summed E-state index contributed by atoms with van der Waals surface area (Å²) in [6.07, 6.45) is 0. The molecule has 0 heterocycles. The van der Waals surface area contributed by atoms with Gasteiger partial charge >= 0.3 is 0 Å². The van der Waals surface area contributed by atoms with Crippen LogP contribution >= 0.6 is 0 Å². The molecule has 0 aliphatic carbocycles. The Balaban J connectivity index is 3.04. The Hall–Kier alpha value is -1.05. The fourth-order valence-corrected chi connectivity index (χ4v) is 0.683. The summed E-state index contributed by atoms with van der Waals surface area (Å²) in [5, 5.41) is 2.36. The maximum absolute atomic E-state index is 12.7. The molecular weight excluding hydrogens is 129 g/mol. The van der Waals surface area contributed by atoms with Crippen LogP contribution in [0, 0.1) is 19.8 Å². The predicted molar refractivity (Wildman–Crippen MR) is 39.1 cm³/mol. The van der Waals surface area contributed by atoms with E-state index in [-0.39, 0.29) is 5.82 Å². The van der Waals surface area contributed by atoms with Gasteiger partial charge in [0, 0.05) is 5.69 Å². The van der Waals surface area contributed by atoms with Gasteiger partial charge in [0.15, 0.2) is 0 Å². The summed E-state index contributed by atoms with van der Waals surface area (Å²) >= 11 is 0. The van der Waals surface area contributed by atoms with E-state index in [1.54, 1.807) is 19.1 Å². The van der Waals surface area contributed by atoms with E-state index in [0.717, 1.165) is 0 Å². The molecule has 2 radical (unpaired) electrons. The monoisotopic (exact) mass is 137 g/mol. The molecule has 1 N–H and O–H groups in total. The highest BCUT2D eigenvalue weighted by atomic mass is 19.1. The SMILES string of the molecule is [CH]Nc1ccc(C)c(F)c1. The van der Waals surface area contributed by atoms with E-state index in [4.69, 9.17) is 7.05 Å². The summed E-state index contributed by atoms with van der Waals surface area (Å²) in [6.45, 7) is 1.70. The van der Waals surface area contributed by atoms with Crippen LogP contribution < -0.4 is 5.32 Å². The van der Waals surface area contributed by atoms with Crippen molar-refractivity contribution in [3.63, 3.8) is 0 Å². The van der Waals surface area contributed by atoms with Gasteiger partial charge in [-0.05, 0) is 24.6 Å². The maximum Gasteiger partial charge on any atom is 0.128 e. The van der Waals surface area contributed by atoms with E-state index >= 15 is 0 Å². The molecule has 0 aliphatic rings. The van der Waals surface area contributed by atoms with E-state index < -0.39 is 0 Å². The smallest absolute Gasteiger partial charge is 0.128 e.